The maximum Gasteiger partial charge on any atom is 0.342 e. The molecule has 3 atom stereocenters. The van der Waals surface area contributed by atoms with E-state index in [-0.39, 0.29) is 18.9 Å². The molecule has 27 heavy (non-hydrogen) atoms. The van der Waals surface area contributed by atoms with Crippen molar-refractivity contribution in [2.24, 2.45) is 11.3 Å². The molecular weight excluding hydrogens is 346 g/mol. The van der Waals surface area contributed by atoms with Gasteiger partial charge in [0.25, 0.3) is 0 Å². The number of rotatable bonds is 4. The van der Waals surface area contributed by atoms with Crippen molar-refractivity contribution >= 4 is 23.7 Å². The predicted octanol–water partition coefficient (Wildman–Crippen LogP) is 2.43. The van der Waals surface area contributed by atoms with Gasteiger partial charge in [0.2, 0.25) is 11.4 Å². The molecule has 0 N–H and O–H groups in total. The summed E-state index contributed by atoms with van der Waals surface area (Å²) in [6.45, 7) is 5.56. The minimum Gasteiger partial charge on any atom is -0.467 e. The highest BCUT2D eigenvalue weighted by molar-refractivity contribution is 6.23. The van der Waals surface area contributed by atoms with Crippen LogP contribution in [0.5, 0.6) is 0 Å². The van der Waals surface area contributed by atoms with Gasteiger partial charge >= 0.3 is 5.97 Å². The van der Waals surface area contributed by atoms with E-state index in [1.807, 2.05) is 57.2 Å². The second-order valence-electron chi connectivity index (χ2n) is 8.06. The lowest BCUT2D eigenvalue weighted by molar-refractivity contribution is -0.160. The highest BCUT2D eigenvalue weighted by Gasteiger charge is 2.70. The van der Waals surface area contributed by atoms with Crippen molar-refractivity contribution in [2.75, 3.05) is 13.7 Å². The summed E-state index contributed by atoms with van der Waals surface area (Å²) >= 11 is 0. The van der Waals surface area contributed by atoms with Crippen LogP contribution in [0.2, 0.25) is 0 Å². The predicted molar refractivity (Wildman–Crippen MR) is 99.4 cm³/mol. The Kier molecular flexibility index (Phi) is 4.95. The van der Waals surface area contributed by atoms with E-state index >= 15 is 0 Å². The summed E-state index contributed by atoms with van der Waals surface area (Å²) in [7, 11) is 1.22. The number of ether oxygens (including phenoxy) is 2. The molecule has 1 aromatic rings. The van der Waals surface area contributed by atoms with Gasteiger partial charge in [0.05, 0.1) is 13.7 Å². The van der Waals surface area contributed by atoms with Gasteiger partial charge in [0.1, 0.15) is 12.1 Å². The fourth-order valence-electron chi connectivity index (χ4n) is 3.78. The molecule has 0 spiro atoms. The molecule has 0 saturated carbocycles. The Morgan fingerprint density at radius 2 is 1.96 bits per heavy atom. The number of carbonyl (C=O) groups is 3. The van der Waals surface area contributed by atoms with Crippen molar-refractivity contribution < 1.29 is 23.9 Å². The van der Waals surface area contributed by atoms with Crippen LogP contribution in [0.25, 0.3) is 6.08 Å². The average Bonchev–Trinajstić information content (AvgIpc) is 3.14. The minimum absolute atomic E-state index is 0.162. The maximum absolute atomic E-state index is 13.2. The van der Waals surface area contributed by atoms with Crippen molar-refractivity contribution in [1.82, 2.24) is 4.90 Å². The van der Waals surface area contributed by atoms with Crippen molar-refractivity contribution in [2.45, 2.75) is 39.0 Å². The minimum atomic E-state index is -1.67. The number of fused-ring (bicyclic) bond motifs is 1. The number of carbonyl (C=O) groups excluding carboxylic acids is 3. The molecule has 1 amide bonds. The van der Waals surface area contributed by atoms with Crippen molar-refractivity contribution in [1.29, 1.82) is 0 Å². The molecule has 3 rings (SSSR count). The second-order valence-corrected chi connectivity index (χ2v) is 8.06. The molecule has 2 aliphatic rings. The summed E-state index contributed by atoms with van der Waals surface area (Å²) in [5, 5.41) is 0. The standard InChI is InChI=1S/C21H25NO5/c1-20(2,3)18-22-17(24)15(12-8-11-14-9-6-5-7-10-14)16(23)21(22,13-27-18)19(25)26-4/h5-11,15,18H,12-13H2,1-4H3/b11-8+/t15-,18-,21-/m1/s1. The summed E-state index contributed by atoms with van der Waals surface area (Å²) in [4.78, 5) is 40.1. The molecule has 2 heterocycles. The summed E-state index contributed by atoms with van der Waals surface area (Å²) < 4.78 is 10.6. The molecule has 6 nitrogen and oxygen atoms in total. The molecule has 2 aliphatic heterocycles. The van der Waals surface area contributed by atoms with Gasteiger partial charge < -0.3 is 9.47 Å². The number of methoxy groups -OCH3 is 1. The van der Waals surface area contributed by atoms with Crippen LogP contribution in [-0.2, 0) is 23.9 Å². The Labute approximate surface area is 159 Å². The van der Waals surface area contributed by atoms with Gasteiger partial charge in [0, 0.05) is 5.41 Å². The fourth-order valence-corrected chi connectivity index (χ4v) is 3.78. The first-order chi connectivity index (χ1) is 12.7. The molecule has 0 bridgehead atoms. The van der Waals surface area contributed by atoms with Crippen molar-refractivity contribution in [3.63, 3.8) is 0 Å². The summed E-state index contributed by atoms with van der Waals surface area (Å²) in [5.41, 5.74) is -1.13. The van der Waals surface area contributed by atoms with Gasteiger partial charge in [-0.15, -0.1) is 0 Å². The van der Waals surface area contributed by atoms with Crippen LogP contribution in [0.1, 0.15) is 32.8 Å². The Morgan fingerprint density at radius 1 is 1.30 bits per heavy atom. The molecule has 1 aromatic carbocycles. The molecule has 2 saturated heterocycles. The van der Waals surface area contributed by atoms with Crippen LogP contribution in [-0.4, -0.2) is 48.0 Å². The largest absolute Gasteiger partial charge is 0.467 e. The molecule has 0 unspecified atom stereocenters. The third kappa shape index (κ3) is 3.08. The van der Waals surface area contributed by atoms with E-state index in [9.17, 15) is 14.4 Å². The lowest BCUT2D eigenvalue weighted by Gasteiger charge is -2.35. The van der Waals surface area contributed by atoms with E-state index in [0.717, 1.165) is 5.56 Å². The fraction of sp³-hybridized carbons (Fsp3) is 0.476. The number of nitrogens with zero attached hydrogens (tertiary/aromatic N) is 1. The molecular formula is C21H25NO5. The highest BCUT2D eigenvalue weighted by atomic mass is 16.6. The topological polar surface area (TPSA) is 72.9 Å². The SMILES string of the molecule is COC(=O)[C@]12CO[C@H](C(C)(C)C)N1C(=O)[C@H](C/C=C/c1ccccc1)C2=O. The number of ketones is 1. The van der Waals surface area contributed by atoms with Crippen LogP contribution in [0.15, 0.2) is 36.4 Å². The van der Waals surface area contributed by atoms with Crippen LogP contribution in [0.3, 0.4) is 0 Å². The number of Topliss-reactive ketones (excluding diaryl/α,β-unsaturated/α-hetero) is 1. The van der Waals surface area contributed by atoms with Crippen LogP contribution < -0.4 is 0 Å². The Balaban J connectivity index is 1.90. The van der Waals surface area contributed by atoms with Crippen LogP contribution >= 0.6 is 0 Å². The average molecular weight is 371 g/mol. The lowest BCUT2D eigenvalue weighted by Crippen LogP contribution is -2.57. The highest BCUT2D eigenvalue weighted by Crippen LogP contribution is 2.45. The van der Waals surface area contributed by atoms with E-state index in [2.05, 4.69) is 0 Å². The number of hydrogen-bond donors (Lipinski definition) is 0. The first-order valence-electron chi connectivity index (χ1n) is 9.02. The van der Waals surface area contributed by atoms with E-state index < -0.39 is 34.9 Å². The van der Waals surface area contributed by atoms with Gasteiger partial charge in [-0.3, -0.25) is 14.5 Å². The number of allylic oxidation sites excluding steroid dienone is 1. The van der Waals surface area contributed by atoms with Gasteiger partial charge in [-0.25, -0.2) is 4.79 Å². The lowest BCUT2D eigenvalue weighted by atomic mass is 9.89. The van der Waals surface area contributed by atoms with Gasteiger partial charge in [-0.05, 0) is 12.0 Å². The van der Waals surface area contributed by atoms with Gasteiger partial charge in [-0.1, -0.05) is 63.3 Å². The molecule has 2 fully saturated rings. The van der Waals surface area contributed by atoms with E-state index in [0.29, 0.717) is 0 Å². The number of amides is 1. The Morgan fingerprint density at radius 3 is 2.56 bits per heavy atom. The number of esters is 1. The molecule has 0 radical (unpaired) electrons. The second kappa shape index (κ2) is 6.93. The van der Waals surface area contributed by atoms with Crippen molar-refractivity contribution in [3.05, 3.63) is 42.0 Å². The molecule has 144 valence electrons. The van der Waals surface area contributed by atoms with Gasteiger partial charge in [-0.2, -0.15) is 0 Å². The zero-order valence-corrected chi connectivity index (χ0v) is 16.1. The van der Waals surface area contributed by atoms with E-state index in [1.54, 1.807) is 6.08 Å². The van der Waals surface area contributed by atoms with E-state index in [4.69, 9.17) is 9.47 Å². The smallest absolute Gasteiger partial charge is 0.342 e. The molecule has 0 aromatic heterocycles. The zero-order chi connectivity index (χ0) is 19.8. The van der Waals surface area contributed by atoms with Gasteiger partial charge in [0.15, 0.2) is 5.78 Å². The summed E-state index contributed by atoms with van der Waals surface area (Å²) in [5.74, 6) is -2.45. The quantitative estimate of drug-likeness (QED) is 0.600. The zero-order valence-electron chi connectivity index (χ0n) is 16.1. The first kappa shape index (κ1) is 19.3. The number of hydrogen-bond acceptors (Lipinski definition) is 5. The maximum atomic E-state index is 13.2. The Bertz CT molecular complexity index is 780. The van der Waals surface area contributed by atoms with Crippen molar-refractivity contribution in [3.8, 4) is 0 Å². The summed E-state index contributed by atoms with van der Waals surface area (Å²) in [6, 6.07) is 9.62. The van der Waals surface area contributed by atoms with E-state index in [1.165, 1.54) is 12.0 Å². The normalized spacial score (nSPS) is 28.1. The third-order valence-electron chi connectivity index (χ3n) is 5.10. The Hall–Kier alpha value is -2.47. The van der Waals surface area contributed by atoms with Crippen LogP contribution in [0.4, 0.5) is 0 Å². The number of benzene rings is 1. The first-order valence-corrected chi connectivity index (χ1v) is 9.02. The molecule has 6 heteroatoms. The summed E-state index contributed by atoms with van der Waals surface area (Å²) in [6.07, 6.45) is 3.25. The monoisotopic (exact) mass is 371 g/mol. The third-order valence-corrected chi connectivity index (χ3v) is 5.10. The molecule has 0 aliphatic carbocycles. The van der Waals surface area contributed by atoms with Crippen LogP contribution in [0, 0.1) is 11.3 Å².